The van der Waals surface area contributed by atoms with Gasteiger partial charge in [-0.2, -0.15) is 0 Å². The van der Waals surface area contributed by atoms with Gasteiger partial charge in [0.15, 0.2) is 0 Å². The number of carbonyl (C=O) groups excluding carboxylic acids is 4. The fourth-order valence-electron chi connectivity index (χ4n) is 3.66. The summed E-state index contributed by atoms with van der Waals surface area (Å²) in [5.41, 5.74) is -0.365. The summed E-state index contributed by atoms with van der Waals surface area (Å²) >= 11 is 0. The van der Waals surface area contributed by atoms with Crippen LogP contribution in [0, 0.1) is 5.92 Å². The predicted molar refractivity (Wildman–Crippen MR) is 140 cm³/mol. The average molecular weight is 522 g/mol. The van der Waals surface area contributed by atoms with Crippen molar-refractivity contribution in [2.45, 2.75) is 92.0 Å². The van der Waals surface area contributed by atoms with Crippen LogP contribution in [-0.4, -0.2) is 64.7 Å². The van der Waals surface area contributed by atoms with Gasteiger partial charge >= 0.3 is 12.1 Å². The highest BCUT2D eigenvalue weighted by molar-refractivity contribution is 5.92. The minimum atomic E-state index is -1.13. The number of nitrogens with zero attached hydrogens (tertiary/aromatic N) is 1. The quantitative estimate of drug-likeness (QED) is 0.357. The zero-order valence-electron chi connectivity index (χ0n) is 23.3. The van der Waals surface area contributed by atoms with E-state index in [0.717, 1.165) is 0 Å². The maximum atomic E-state index is 14.0. The lowest BCUT2D eigenvalue weighted by atomic mass is 9.96. The van der Waals surface area contributed by atoms with Gasteiger partial charge in [0.25, 0.3) is 0 Å². The molecule has 1 aromatic rings. The summed E-state index contributed by atoms with van der Waals surface area (Å²) in [6.45, 7) is 14.4. The van der Waals surface area contributed by atoms with Gasteiger partial charge in [-0.05, 0) is 64.7 Å². The lowest BCUT2D eigenvalue weighted by Crippen LogP contribution is -2.57. The molecule has 0 heterocycles. The molecule has 10 nitrogen and oxygen atoms in total. The summed E-state index contributed by atoms with van der Waals surface area (Å²) in [6, 6.07) is 3.61. The standard InChI is InChI=1S/C27H43N3O7/c1-9-18(5)30(25(34)22(17(3)4)29-26(35)37-27(6,7)8)23(19-12-11-13-20(31)16-19)24(33)28-15-14-21(32)36-10-2/h11-13,16-18,22-23,31H,9-10,14-15H2,1-8H3,(H,28,33)(H,29,35). The molecule has 0 fully saturated rings. The largest absolute Gasteiger partial charge is 0.508 e. The van der Waals surface area contributed by atoms with Crippen molar-refractivity contribution >= 4 is 23.9 Å². The zero-order chi connectivity index (χ0) is 28.3. The summed E-state index contributed by atoms with van der Waals surface area (Å²) in [4.78, 5) is 53.2. The van der Waals surface area contributed by atoms with Gasteiger partial charge < -0.3 is 30.1 Å². The third-order valence-corrected chi connectivity index (χ3v) is 5.57. The lowest BCUT2D eigenvalue weighted by molar-refractivity contribution is -0.146. The molecular weight excluding hydrogens is 478 g/mol. The van der Waals surface area contributed by atoms with E-state index in [4.69, 9.17) is 9.47 Å². The molecule has 37 heavy (non-hydrogen) atoms. The van der Waals surface area contributed by atoms with Crippen molar-refractivity contribution in [2.75, 3.05) is 13.2 Å². The fourth-order valence-corrected chi connectivity index (χ4v) is 3.66. The van der Waals surface area contributed by atoms with E-state index < -0.39 is 47.6 Å². The van der Waals surface area contributed by atoms with E-state index in [1.165, 1.54) is 17.0 Å². The second-order valence-corrected chi connectivity index (χ2v) is 10.2. The average Bonchev–Trinajstić information content (AvgIpc) is 2.78. The molecule has 0 aliphatic heterocycles. The first-order chi connectivity index (χ1) is 17.2. The topological polar surface area (TPSA) is 134 Å². The number of alkyl carbamates (subject to hydrolysis) is 1. The van der Waals surface area contributed by atoms with Crippen LogP contribution in [0.4, 0.5) is 4.79 Å². The highest BCUT2D eigenvalue weighted by Crippen LogP contribution is 2.29. The number of esters is 1. The van der Waals surface area contributed by atoms with Crippen LogP contribution in [0.1, 0.15) is 79.8 Å². The maximum absolute atomic E-state index is 14.0. The minimum Gasteiger partial charge on any atom is -0.508 e. The highest BCUT2D eigenvalue weighted by Gasteiger charge is 2.39. The Morgan fingerprint density at radius 1 is 1.08 bits per heavy atom. The van der Waals surface area contributed by atoms with E-state index in [2.05, 4.69) is 10.6 Å². The normalized spacial score (nSPS) is 13.8. The Labute approximate surface area is 220 Å². The first-order valence-corrected chi connectivity index (χ1v) is 12.8. The number of ether oxygens (including phenoxy) is 2. The van der Waals surface area contributed by atoms with Crippen LogP contribution in [-0.2, 0) is 23.9 Å². The molecule has 0 saturated heterocycles. The van der Waals surface area contributed by atoms with Crippen molar-refractivity contribution in [3.63, 3.8) is 0 Å². The van der Waals surface area contributed by atoms with Gasteiger partial charge in [-0.25, -0.2) is 4.79 Å². The third-order valence-electron chi connectivity index (χ3n) is 5.57. The number of hydrogen-bond donors (Lipinski definition) is 3. The van der Waals surface area contributed by atoms with Crippen LogP contribution >= 0.6 is 0 Å². The van der Waals surface area contributed by atoms with Crippen LogP contribution in [0.5, 0.6) is 5.75 Å². The van der Waals surface area contributed by atoms with Crippen molar-refractivity contribution in [2.24, 2.45) is 5.92 Å². The van der Waals surface area contributed by atoms with E-state index in [0.29, 0.717) is 12.0 Å². The summed E-state index contributed by atoms with van der Waals surface area (Å²) < 4.78 is 10.3. The Bertz CT molecular complexity index is 927. The van der Waals surface area contributed by atoms with E-state index in [1.54, 1.807) is 53.7 Å². The van der Waals surface area contributed by atoms with E-state index in [-0.39, 0.29) is 31.2 Å². The third kappa shape index (κ3) is 10.3. The summed E-state index contributed by atoms with van der Waals surface area (Å²) in [6.07, 6.45) is -0.246. The molecule has 3 amide bonds. The van der Waals surface area contributed by atoms with Gasteiger partial charge in [-0.3, -0.25) is 14.4 Å². The number of carbonyl (C=O) groups is 4. The predicted octanol–water partition coefficient (Wildman–Crippen LogP) is 3.68. The van der Waals surface area contributed by atoms with Crippen molar-refractivity contribution in [3.05, 3.63) is 29.8 Å². The molecule has 208 valence electrons. The summed E-state index contributed by atoms with van der Waals surface area (Å²) in [7, 11) is 0. The number of amides is 3. The number of aromatic hydroxyl groups is 1. The van der Waals surface area contributed by atoms with E-state index >= 15 is 0 Å². The lowest BCUT2D eigenvalue weighted by Gasteiger charge is -2.39. The zero-order valence-corrected chi connectivity index (χ0v) is 23.3. The first-order valence-electron chi connectivity index (χ1n) is 12.8. The smallest absolute Gasteiger partial charge is 0.408 e. The Balaban J connectivity index is 3.41. The van der Waals surface area contributed by atoms with E-state index in [9.17, 15) is 24.3 Å². The van der Waals surface area contributed by atoms with Crippen LogP contribution in [0.2, 0.25) is 0 Å². The number of rotatable bonds is 12. The van der Waals surface area contributed by atoms with Crippen LogP contribution in [0.25, 0.3) is 0 Å². The Hall–Kier alpha value is -3.30. The highest BCUT2D eigenvalue weighted by atomic mass is 16.6. The van der Waals surface area contributed by atoms with Crippen molar-refractivity contribution in [3.8, 4) is 5.75 Å². The molecule has 1 rings (SSSR count). The molecule has 3 N–H and O–H groups in total. The monoisotopic (exact) mass is 521 g/mol. The van der Waals surface area contributed by atoms with Crippen LogP contribution < -0.4 is 10.6 Å². The van der Waals surface area contributed by atoms with Crippen molar-refractivity contribution < 1.29 is 33.8 Å². The number of nitrogens with one attached hydrogen (secondary N) is 2. The molecular formula is C27H43N3O7. The second kappa shape index (κ2) is 14.4. The molecule has 0 spiro atoms. The Kier molecular flexibility index (Phi) is 12.4. The number of hydrogen-bond acceptors (Lipinski definition) is 7. The molecule has 0 aliphatic carbocycles. The van der Waals surface area contributed by atoms with Crippen LogP contribution in [0.15, 0.2) is 24.3 Å². The van der Waals surface area contributed by atoms with Gasteiger partial charge in [-0.1, -0.05) is 32.9 Å². The van der Waals surface area contributed by atoms with Gasteiger partial charge in [0.2, 0.25) is 11.8 Å². The molecule has 10 heteroatoms. The Morgan fingerprint density at radius 2 is 1.73 bits per heavy atom. The van der Waals surface area contributed by atoms with Crippen molar-refractivity contribution in [1.82, 2.24) is 15.5 Å². The van der Waals surface area contributed by atoms with Crippen molar-refractivity contribution in [1.29, 1.82) is 0 Å². The number of phenolic OH excluding ortho intramolecular Hbond substituents is 1. The molecule has 0 radical (unpaired) electrons. The van der Waals surface area contributed by atoms with Gasteiger partial charge in [0.1, 0.15) is 23.4 Å². The molecule has 0 aliphatic rings. The maximum Gasteiger partial charge on any atom is 0.408 e. The molecule has 0 saturated carbocycles. The number of benzene rings is 1. The Morgan fingerprint density at radius 3 is 2.24 bits per heavy atom. The summed E-state index contributed by atoms with van der Waals surface area (Å²) in [5, 5.41) is 15.5. The molecule has 1 aromatic carbocycles. The number of phenols is 1. The first kappa shape index (κ1) is 31.7. The van der Waals surface area contributed by atoms with E-state index in [1.807, 2.05) is 13.8 Å². The van der Waals surface area contributed by atoms with Gasteiger partial charge in [-0.15, -0.1) is 0 Å². The second-order valence-electron chi connectivity index (χ2n) is 10.2. The fraction of sp³-hybridized carbons (Fsp3) is 0.630. The molecule has 3 atom stereocenters. The SMILES string of the molecule is CCOC(=O)CCNC(=O)C(c1cccc(O)c1)N(C(=O)C(NC(=O)OC(C)(C)C)C(C)C)C(C)CC. The molecule has 3 unspecified atom stereocenters. The molecule has 0 aromatic heterocycles. The molecule has 0 bridgehead atoms. The van der Waals surface area contributed by atoms with Gasteiger partial charge in [0, 0.05) is 12.6 Å². The van der Waals surface area contributed by atoms with Gasteiger partial charge in [0.05, 0.1) is 13.0 Å². The summed E-state index contributed by atoms with van der Waals surface area (Å²) in [5.74, 6) is -1.82. The minimum absolute atomic E-state index is 0.0132. The van der Waals surface area contributed by atoms with Crippen LogP contribution in [0.3, 0.4) is 0 Å².